The number of nitrogens with zero attached hydrogens (tertiary/aromatic N) is 2. The number of amides is 1. The van der Waals surface area contributed by atoms with Crippen LogP contribution in [0.25, 0.3) is 0 Å². The summed E-state index contributed by atoms with van der Waals surface area (Å²) in [7, 11) is 1.68. The largest absolute Gasteiger partial charge is 0.497 e. The maximum Gasteiger partial charge on any atom is 0.234 e. The molecule has 4 rings (SSSR count). The number of β-lactam (4-membered cyclic amide) rings is 1. The molecule has 0 spiro atoms. The number of methoxy groups -OCH3 is 1. The van der Waals surface area contributed by atoms with E-state index in [0.29, 0.717) is 0 Å². The highest BCUT2D eigenvalue weighted by molar-refractivity contribution is 6.03. The molecule has 136 valence electrons. The standard InChI is InChI=1S/C22H26N2O2/c1-26-19-12-10-17(11-13-19)21-20(16-23-14-6-3-7-15-23)22(25)24(21)18-8-4-2-5-9-18/h2,4-5,8-13,20-21H,3,6-7,14-16H2,1H3/t20-,21+/m1/s1. The molecule has 2 saturated heterocycles. The van der Waals surface area contributed by atoms with Crippen molar-refractivity contribution < 1.29 is 9.53 Å². The van der Waals surface area contributed by atoms with Gasteiger partial charge in [-0.2, -0.15) is 0 Å². The van der Waals surface area contributed by atoms with E-state index in [-0.39, 0.29) is 17.9 Å². The number of para-hydroxylation sites is 1. The molecule has 26 heavy (non-hydrogen) atoms. The van der Waals surface area contributed by atoms with Crippen LogP contribution < -0.4 is 9.64 Å². The topological polar surface area (TPSA) is 32.8 Å². The summed E-state index contributed by atoms with van der Waals surface area (Å²) < 4.78 is 5.29. The highest BCUT2D eigenvalue weighted by atomic mass is 16.5. The zero-order chi connectivity index (χ0) is 17.9. The van der Waals surface area contributed by atoms with Crippen molar-refractivity contribution in [2.24, 2.45) is 5.92 Å². The van der Waals surface area contributed by atoms with Gasteiger partial charge in [0.1, 0.15) is 5.75 Å². The van der Waals surface area contributed by atoms with Gasteiger partial charge in [-0.05, 0) is 55.8 Å². The van der Waals surface area contributed by atoms with E-state index in [9.17, 15) is 4.79 Å². The van der Waals surface area contributed by atoms with E-state index in [1.165, 1.54) is 24.8 Å². The molecule has 4 nitrogen and oxygen atoms in total. The minimum Gasteiger partial charge on any atom is -0.497 e. The van der Waals surface area contributed by atoms with Crippen molar-refractivity contribution in [3.05, 3.63) is 60.2 Å². The molecule has 0 bridgehead atoms. The van der Waals surface area contributed by atoms with Crippen molar-refractivity contribution in [2.75, 3.05) is 31.6 Å². The number of piperidine rings is 1. The highest BCUT2D eigenvalue weighted by Crippen LogP contribution is 2.44. The summed E-state index contributed by atoms with van der Waals surface area (Å²) in [4.78, 5) is 17.4. The molecule has 0 N–H and O–H groups in total. The van der Waals surface area contributed by atoms with E-state index in [4.69, 9.17) is 4.74 Å². The normalized spacial score (nSPS) is 23.6. The number of rotatable bonds is 5. The zero-order valence-electron chi connectivity index (χ0n) is 15.3. The van der Waals surface area contributed by atoms with Crippen LogP contribution in [-0.2, 0) is 4.79 Å². The first-order valence-corrected chi connectivity index (χ1v) is 9.52. The Balaban J connectivity index is 1.61. The lowest BCUT2D eigenvalue weighted by Crippen LogP contribution is -2.59. The SMILES string of the molecule is COc1ccc([C@H]2[C@@H](CN3CCCCC3)C(=O)N2c2ccccc2)cc1. The summed E-state index contributed by atoms with van der Waals surface area (Å²) >= 11 is 0. The Labute approximate surface area is 155 Å². The smallest absolute Gasteiger partial charge is 0.234 e. The first kappa shape index (κ1) is 17.1. The van der Waals surface area contributed by atoms with E-state index >= 15 is 0 Å². The van der Waals surface area contributed by atoms with E-state index < -0.39 is 0 Å². The van der Waals surface area contributed by atoms with Gasteiger partial charge in [0.15, 0.2) is 0 Å². The molecule has 2 fully saturated rings. The van der Waals surface area contributed by atoms with Crippen LogP contribution in [0, 0.1) is 5.92 Å². The van der Waals surface area contributed by atoms with E-state index in [1.807, 2.05) is 47.4 Å². The van der Waals surface area contributed by atoms with Gasteiger partial charge in [-0.25, -0.2) is 0 Å². The van der Waals surface area contributed by atoms with E-state index in [1.54, 1.807) is 7.11 Å². The average Bonchev–Trinajstić information content (AvgIpc) is 2.71. The van der Waals surface area contributed by atoms with Gasteiger partial charge in [0.25, 0.3) is 0 Å². The minimum atomic E-state index is 0.0294. The molecule has 4 heteroatoms. The van der Waals surface area contributed by atoms with E-state index in [2.05, 4.69) is 17.0 Å². The molecule has 0 radical (unpaired) electrons. The van der Waals surface area contributed by atoms with Crippen LogP contribution in [-0.4, -0.2) is 37.6 Å². The van der Waals surface area contributed by atoms with Crippen LogP contribution in [0.4, 0.5) is 5.69 Å². The van der Waals surface area contributed by atoms with Gasteiger partial charge >= 0.3 is 0 Å². The lowest BCUT2D eigenvalue weighted by molar-refractivity contribution is -0.131. The molecule has 2 atom stereocenters. The number of carbonyl (C=O) groups is 1. The van der Waals surface area contributed by atoms with Gasteiger partial charge in [-0.15, -0.1) is 0 Å². The number of anilines is 1. The third-order valence-electron chi connectivity index (χ3n) is 5.61. The highest BCUT2D eigenvalue weighted by Gasteiger charge is 2.49. The van der Waals surface area contributed by atoms with Crippen molar-refractivity contribution >= 4 is 11.6 Å². The molecule has 1 amide bonds. The monoisotopic (exact) mass is 350 g/mol. The predicted octanol–water partition coefficient (Wildman–Crippen LogP) is 3.89. The number of hydrogen-bond acceptors (Lipinski definition) is 3. The third kappa shape index (κ3) is 3.21. The van der Waals surface area contributed by atoms with E-state index in [0.717, 1.165) is 31.1 Å². The second kappa shape index (κ2) is 7.50. The fraction of sp³-hybridized carbons (Fsp3) is 0.409. The Bertz CT molecular complexity index is 738. The molecule has 2 aliphatic rings. The summed E-state index contributed by atoms with van der Waals surface area (Å²) in [5.41, 5.74) is 2.16. The molecule has 2 aromatic carbocycles. The lowest BCUT2D eigenvalue weighted by atomic mass is 9.81. The van der Waals surface area contributed by atoms with Crippen LogP contribution >= 0.6 is 0 Å². The quantitative estimate of drug-likeness (QED) is 0.767. The number of likely N-dealkylation sites (tertiary alicyclic amines) is 1. The van der Waals surface area contributed by atoms with Gasteiger partial charge < -0.3 is 14.5 Å². The molecule has 0 saturated carbocycles. The van der Waals surface area contributed by atoms with Crippen LogP contribution in [0.2, 0.25) is 0 Å². The van der Waals surface area contributed by atoms with Crippen molar-refractivity contribution in [3.63, 3.8) is 0 Å². The Hall–Kier alpha value is -2.33. The first-order valence-electron chi connectivity index (χ1n) is 9.52. The Morgan fingerprint density at radius 1 is 0.962 bits per heavy atom. The third-order valence-corrected chi connectivity index (χ3v) is 5.61. The summed E-state index contributed by atoms with van der Waals surface area (Å²) in [5, 5.41) is 0. The van der Waals surface area contributed by atoms with Crippen LogP contribution in [0.3, 0.4) is 0 Å². The maximum absolute atomic E-state index is 13.0. The molecule has 2 heterocycles. The first-order chi connectivity index (χ1) is 12.8. The van der Waals surface area contributed by atoms with Crippen molar-refractivity contribution in [2.45, 2.75) is 25.3 Å². The molecule has 0 aliphatic carbocycles. The Morgan fingerprint density at radius 3 is 2.31 bits per heavy atom. The second-order valence-electron chi connectivity index (χ2n) is 7.23. The van der Waals surface area contributed by atoms with Crippen molar-refractivity contribution in [1.29, 1.82) is 0 Å². The molecule has 0 unspecified atom stereocenters. The van der Waals surface area contributed by atoms with Crippen LogP contribution in [0.5, 0.6) is 5.75 Å². The predicted molar refractivity (Wildman–Crippen MR) is 103 cm³/mol. The van der Waals surface area contributed by atoms with Crippen LogP contribution in [0.15, 0.2) is 54.6 Å². The summed E-state index contributed by atoms with van der Waals surface area (Å²) in [6, 6.07) is 18.3. The fourth-order valence-corrected chi connectivity index (χ4v) is 4.21. The molecular weight excluding hydrogens is 324 g/mol. The number of hydrogen-bond donors (Lipinski definition) is 0. The number of benzene rings is 2. The van der Waals surface area contributed by atoms with Gasteiger partial charge in [-0.3, -0.25) is 4.79 Å². The number of ether oxygens (including phenoxy) is 1. The number of carbonyl (C=O) groups excluding carboxylic acids is 1. The lowest BCUT2D eigenvalue weighted by Gasteiger charge is -2.49. The van der Waals surface area contributed by atoms with Gasteiger partial charge in [0.2, 0.25) is 5.91 Å². The molecule has 0 aromatic heterocycles. The molecule has 2 aromatic rings. The fourth-order valence-electron chi connectivity index (χ4n) is 4.21. The zero-order valence-corrected chi connectivity index (χ0v) is 15.3. The summed E-state index contributed by atoms with van der Waals surface area (Å²) in [6.07, 6.45) is 3.81. The summed E-state index contributed by atoms with van der Waals surface area (Å²) in [6.45, 7) is 3.09. The minimum absolute atomic E-state index is 0.0294. The Morgan fingerprint density at radius 2 is 1.65 bits per heavy atom. The Kier molecular flexibility index (Phi) is 4.93. The van der Waals surface area contributed by atoms with Crippen molar-refractivity contribution in [1.82, 2.24) is 4.90 Å². The summed E-state index contributed by atoms with van der Waals surface area (Å²) in [5.74, 6) is 1.11. The maximum atomic E-state index is 13.0. The van der Waals surface area contributed by atoms with Gasteiger partial charge in [0, 0.05) is 12.2 Å². The van der Waals surface area contributed by atoms with Crippen LogP contribution in [0.1, 0.15) is 30.9 Å². The molecular formula is C22H26N2O2. The van der Waals surface area contributed by atoms with Gasteiger partial charge in [-0.1, -0.05) is 36.8 Å². The second-order valence-corrected chi connectivity index (χ2v) is 7.23. The van der Waals surface area contributed by atoms with Crippen molar-refractivity contribution in [3.8, 4) is 5.75 Å². The van der Waals surface area contributed by atoms with Gasteiger partial charge in [0.05, 0.1) is 19.1 Å². The molecule has 2 aliphatic heterocycles. The average molecular weight is 350 g/mol.